The summed E-state index contributed by atoms with van der Waals surface area (Å²) in [6.45, 7) is 9.57. The van der Waals surface area contributed by atoms with E-state index in [1.165, 1.54) is 17.8 Å². The molecule has 0 bridgehead atoms. The van der Waals surface area contributed by atoms with Crippen molar-refractivity contribution in [2.24, 2.45) is 11.8 Å². The number of thiophene rings is 1. The highest BCUT2D eigenvalue weighted by atomic mass is 35.5. The van der Waals surface area contributed by atoms with Gasteiger partial charge in [-0.1, -0.05) is 31.5 Å². The second-order valence-corrected chi connectivity index (χ2v) is 9.52. The van der Waals surface area contributed by atoms with Crippen LogP contribution in [-0.2, 0) is 0 Å². The van der Waals surface area contributed by atoms with Gasteiger partial charge in [0, 0.05) is 31.2 Å². The molecule has 1 aromatic heterocycles. The Morgan fingerprint density at radius 3 is 2.59 bits per heavy atom. The Bertz CT molecular complexity index is 846. The van der Waals surface area contributed by atoms with Crippen LogP contribution in [0.3, 0.4) is 0 Å². The monoisotopic (exact) mass is 433 g/mol. The third kappa shape index (κ3) is 6.04. The number of rotatable bonds is 6. The number of nitrogens with one attached hydrogen (secondary N) is 2. The lowest BCUT2D eigenvalue weighted by Gasteiger charge is -2.36. The minimum atomic E-state index is -0.235. The van der Waals surface area contributed by atoms with E-state index in [1.807, 2.05) is 18.4 Å². The molecule has 2 aromatic rings. The average molecular weight is 434 g/mol. The molecule has 1 aromatic carbocycles. The number of likely N-dealkylation sites (tertiary alicyclic amines) is 1. The summed E-state index contributed by atoms with van der Waals surface area (Å²) in [7, 11) is 0. The van der Waals surface area contributed by atoms with Gasteiger partial charge in [-0.3, -0.25) is 9.59 Å². The topological polar surface area (TPSA) is 61.4 Å². The molecule has 3 rings (SSSR count). The summed E-state index contributed by atoms with van der Waals surface area (Å²) in [5.41, 5.74) is 0.909. The maximum atomic E-state index is 12.7. The summed E-state index contributed by atoms with van der Waals surface area (Å²) >= 11 is 7.57. The van der Waals surface area contributed by atoms with Gasteiger partial charge < -0.3 is 15.5 Å². The predicted molar refractivity (Wildman–Crippen MR) is 120 cm³/mol. The van der Waals surface area contributed by atoms with E-state index in [9.17, 15) is 9.59 Å². The number of hydrogen-bond acceptors (Lipinski definition) is 4. The zero-order valence-electron chi connectivity index (χ0n) is 17.1. The Labute approximate surface area is 181 Å². The van der Waals surface area contributed by atoms with Crippen LogP contribution in [0.4, 0.5) is 5.69 Å². The number of hydrogen-bond donors (Lipinski definition) is 2. The molecule has 0 saturated carbocycles. The second kappa shape index (κ2) is 9.74. The van der Waals surface area contributed by atoms with Gasteiger partial charge in [-0.25, -0.2) is 0 Å². The van der Waals surface area contributed by atoms with Crippen LogP contribution < -0.4 is 10.6 Å². The van der Waals surface area contributed by atoms with Gasteiger partial charge in [0.25, 0.3) is 11.8 Å². The maximum Gasteiger partial charge on any atom is 0.265 e. The normalized spacial score (nSPS) is 20.8. The number of halogens is 1. The van der Waals surface area contributed by atoms with Crippen LogP contribution in [0.1, 0.15) is 47.2 Å². The van der Waals surface area contributed by atoms with Gasteiger partial charge in [0.15, 0.2) is 0 Å². The van der Waals surface area contributed by atoms with Crippen molar-refractivity contribution in [1.29, 1.82) is 0 Å². The first-order chi connectivity index (χ1) is 13.8. The summed E-state index contributed by atoms with van der Waals surface area (Å²) < 4.78 is 0. The summed E-state index contributed by atoms with van der Waals surface area (Å²) in [6, 6.07) is 8.53. The SMILES string of the molecule is CC1CC(C)CN(CC(C)NC(=O)c2ccc(Cl)c(NC(=O)c3cccs3)c2)C1. The molecule has 156 valence electrons. The Kier molecular flexibility index (Phi) is 7.33. The molecule has 1 saturated heterocycles. The van der Waals surface area contributed by atoms with E-state index in [2.05, 4.69) is 29.4 Å². The zero-order valence-corrected chi connectivity index (χ0v) is 18.6. The highest BCUT2D eigenvalue weighted by molar-refractivity contribution is 7.12. The Morgan fingerprint density at radius 1 is 1.21 bits per heavy atom. The maximum absolute atomic E-state index is 12.7. The van der Waals surface area contributed by atoms with Crippen molar-refractivity contribution in [3.63, 3.8) is 0 Å². The molecule has 0 radical (unpaired) electrons. The molecule has 2 N–H and O–H groups in total. The summed E-state index contributed by atoms with van der Waals surface area (Å²) in [6.07, 6.45) is 1.27. The van der Waals surface area contributed by atoms with E-state index in [-0.39, 0.29) is 17.9 Å². The molecule has 5 nitrogen and oxygen atoms in total. The zero-order chi connectivity index (χ0) is 21.0. The van der Waals surface area contributed by atoms with Gasteiger partial charge >= 0.3 is 0 Å². The smallest absolute Gasteiger partial charge is 0.265 e. The lowest BCUT2D eigenvalue weighted by molar-refractivity contribution is 0.0904. The van der Waals surface area contributed by atoms with Crippen molar-refractivity contribution in [2.75, 3.05) is 25.0 Å². The van der Waals surface area contributed by atoms with E-state index in [0.717, 1.165) is 19.6 Å². The van der Waals surface area contributed by atoms with Crippen molar-refractivity contribution in [1.82, 2.24) is 10.2 Å². The minimum absolute atomic E-state index is 0.0276. The van der Waals surface area contributed by atoms with Gasteiger partial charge in [-0.2, -0.15) is 0 Å². The molecule has 1 aliphatic heterocycles. The number of nitrogens with zero attached hydrogens (tertiary/aromatic N) is 1. The van der Waals surface area contributed by atoms with Gasteiger partial charge in [-0.05, 0) is 54.8 Å². The molecule has 7 heteroatoms. The standard InChI is InChI=1S/C22H28ClN3O2S/c1-14-9-15(2)12-26(11-14)13-16(3)24-21(27)17-6-7-18(23)19(10-17)25-22(28)20-5-4-8-29-20/h4-8,10,14-16H,9,11-13H2,1-3H3,(H,24,27)(H,25,28). The molecular formula is C22H28ClN3O2S. The van der Waals surface area contributed by atoms with Gasteiger partial charge in [0.1, 0.15) is 0 Å². The number of carbonyl (C=O) groups excluding carboxylic acids is 2. The number of benzene rings is 1. The Hall–Kier alpha value is -1.89. The number of amides is 2. The first kappa shape index (κ1) is 21.8. The van der Waals surface area contributed by atoms with Crippen LogP contribution in [0.25, 0.3) is 0 Å². The Morgan fingerprint density at radius 2 is 1.93 bits per heavy atom. The highest BCUT2D eigenvalue weighted by Gasteiger charge is 2.23. The largest absolute Gasteiger partial charge is 0.348 e. The third-order valence-corrected chi connectivity index (χ3v) is 6.27. The number of carbonyl (C=O) groups is 2. The lowest BCUT2D eigenvalue weighted by atomic mass is 9.92. The van der Waals surface area contributed by atoms with E-state index < -0.39 is 0 Å². The van der Waals surface area contributed by atoms with E-state index in [4.69, 9.17) is 11.6 Å². The Balaban J connectivity index is 1.61. The number of anilines is 1. The van der Waals surface area contributed by atoms with E-state index in [1.54, 1.807) is 24.3 Å². The fourth-order valence-electron chi connectivity index (χ4n) is 4.04. The highest BCUT2D eigenvalue weighted by Crippen LogP contribution is 2.25. The molecule has 2 amide bonds. The fraction of sp³-hybridized carbons (Fsp3) is 0.455. The van der Waals surface area contributed by atoms with Gasteiger partial charge in [-0.15, -0.1) is 11.3 Å². The summed E-state index contributed by atoms with van der Waals surface area (Å²) in [4.78, 5) is 28.0. The van der Waals surface area contributed by atoms with Crippen LogP contribution >= 0.6 is 22.9 Å². The molecule has 1 aliphatic rings. The first-order valence-electron chi connectivity index (χ1n) is 9.99. The fourth-order valence-corrected chi connectivity index (χ4v) is 4.82. The quantitative estimate of drug-likeness (QED) is 0.691. The first-order valence-corrected chi connectivity index (χ1v) is 11.2. The van der Waals surface area contributed by atoms with E-state index >= 15 is 0 Å². The summed E-state index contributed by atoms with van der Waals surface area (Å²) in [5.74, 6) is 0.972. The second-order valence-electron chi connectivity index (χ2n) is 8.17. The van der Waals surface area contributed by atoms with Crippen molar-refractivity contribution in [2.45, 2.75) is 33.2 Å². The minimum Gasteiger partial charge on any atom is -0.348 e. The van der Waals surface area contributed by atoms with E-state index in [0.29, 0.717) is 33.0 Å². The van der Waals surface area contributed by atoms with Gasteiger partial charge in [0.05, 0.1) is 15.6 Å². The van der Waals surface area contributed by atoms with Gasteiger partial charge in [0.2, 0.25) is 0 Å². The van der Waals surface area contributed by atoms with Crippen molar-refractivity contribution >= 4 is 40.4 Å². The van der Waals surface area contributed by atoms with Crippen molar-refractivity contribution < 1.29 is 9.59 Å². The molecule has 2 heterocycles. The predicted octanol–water partition coefficient (Wildman–Crippen LogP) is 4.75. The van der Waals surface area contributed by atoms with Crippen LogP contribution in [0.5, 0.6) is 0 Å². The average Bonchev–Trinajstić information content (AvgIpc) is 3.17. The molecule has 29 heavy (non-hydrogen) atoms. The molecule has 3 unspecified atom stereocenters. The van der Waals surface area contributed by atoms with Crippen LogP contribution in [0, 0.1) is 11.8 Å². The van der Waals surface area contributed by atoms with Crippen molar-refractivity contribution in [3.8, 4) is 0 Å². The lowest BCUT2D eigenvalue weighted by Crippen LogP contribution is -2.47. The molecule has 0 aliphatic carbocycles. The number of piperidine rings is 1. The third-order valence-electron chi connectivity index (χ3n) is 5.08. The molecule has 0 spiro atoms. The summed E-state index contributed by atoms with van der Waals surface area (Å²) in [5, 5.41) is 8.09. The molecular weight excluding hydrogens is 406 g/mol. The molecule has 1 fully saturated rings. The van der Waals surface area contributed by atoms with Crippen molar-refractivity contribution in [3.05, 3.63) is 51.2 Å². The van der Waals surface area contributed by atoms with Crippen LogP contribution in [-0.4, -0.2) is 42.4 Å². The van der Waals surface area contributed by atoms with Crippen LogP contribution in [0.2, 0.25) is 5.02 Å². The van der Waals surface area contributed by atoms with Crippen LogP contribution in [0.15, 0.2) is 35.7 Å². The molecule has 3 atom stereocenters.